The molecular weight excluding hydrogens is 260 g/mol. The molecule has 110 valence electrons. The molecule has 2 aromatic carbocycles. The van der Waals surface area contributed by atoms with Crippen LogP contribution in [0.4, 0.5) is 5.69 Å². The van der Waals surface area contributed by atoms with Gasteiger partial charge < -0.3 is 15.3 Å². The Morgan fingerprint density at radius 3 is 2.67 bits per heavy atom. The minimum Gasteiger partial charge on any atom is -0.390 e. The fourth-order valence-electron chi connectivity index (χ4n) is 2.98. The van der Waals surface area contributed by atoms with Crippen LogP contribution >= 0.6 is 0 Å². The number of rotatable bonds is 5. The predicted molar refractivity (Wildman–Crippen MR) is 87.7 cm³/mol. The van der Waals surface area contributed by atoms with Gasteiger partial charge in [0.1, 0.15) is 0 Å². The van der Waals surface area contributed by atoms with E-state index in [0.29, 0.717) is 13.1 Å². The lowest BCUT2D eigenvalue weighted by molar-refractivity contribution is 0.148. The van der Waals surface area contributed by atoms with Crippen molar-refractivity contribution in [1.82, 2.24) is 4.90 Å². The van der Waals surface area contributed by atoms with Crippen LogP contribution in [0.25, 0.3) is 11.1 Å². The molecule has 0 spiro atoms. The standard InChI is InChI=1S/C18H22N2O/c1-20(2)12-16(21)11-19-15-7-8-18-14(10-15)9-13-5-3-4-6-17(13)18/h3-8,10,16,19,21H,9,11-12H2,1-2H3. The minimum atomic E-state index is -0.356. The van der Waals surface area contributed by atoms with Crippen molar-refractivity contribution in [2.75, 3.05) is 32.5 Å². The first-order valence-electron chi connectivity index (χ1n) is 7.41. The maximum absolute atomic E-state index is 9.91. The highest BCUT2D eigenvalue weighted by Crippen LogP contribution is 2.37. The number of benzene rings is 2. The molecule has 0 aromatic heterocycles. The number of likely N-dealkylation sites (N-methyl/N-ethyl adjacent to an activating group) is 1. The summed E-state index contributed by atoms with van der Waals surface area (Å²) in [5.74, 6) is 0. The van der Waals surface area contributed by atoms with Gasteiger partial charge in [-0.2, -0.15) is 0 Å². The minimum absolute atomic E-state index is 0.356. The van der Waals surface area contributed by atoms with Crippen LogP contribution in [0.1, 0.15) is 11.1 Å². The average molecular weight is 282 g/mol. The largest absolute Gasteiger partial charge is 0.390 e. The van der Waals surface area contributed by atoms with E-state index in [1.165, 1.54) is 22.3 Å². The van der Waals surface area contributed by atoms with Crippen LogP contribution in [0.3, 0.4) is 0 Å². The number of aliphatic hydroxyl groups is 1. The molecule has 0 aliphatic heterocycles. The van der Waals surface area contributed by atoms with Crippen molar-refractivity contribution in [1.29, 1.82) is 0 Å². The third-order valence-electron chi connectivity index (χ3n) is 3.91. The molecule has 3 rings (SSSR count). The highest BCUT2D eigenvalue weighted by molar-refractivity contribution is 5.78. The van der Waals surface area contributed by atoms with Crippen molar-refractivity contribution in [2.45, 2.75) is 12.5 Å². The first kappa shape index (κ1) is 14.1. The number of fused-ring (bicyclic) bond motifs is 3. The number of hydrogen-bond donors (Lipinski definition) is 2. The Morgan fingerprint density at radius 2 is 1.86 bits per heavy atom. The molecule has 0 saturated carbocycles. The Balaban J connectivity index is 1.70. The van der Waals surface area contributed by atoms with Gasteiger partial charge >= 0.3 is 0 Å². The fraction of sp³-hybridized carbons (Fsp3) is 0.333. The molecule has 21 heavy (non-hydrogen) atoms. The zero-order valence-electron chi connectivity index (χ0n) is 12.6. The van der Waals surface area contributed by atoms with E-state index in [2.05, 4.69) is 47.8 Å². The molecule has 2 aromatic rings. The molecule has 0 radical (unpaired) electrons. The Kier molecular flexibility index (Phi) is 3.95. The fourth-order valence-corrected chi connectivity index (χ4v) is 2.98. The normalized spacial score (nSPS) is 13.9. The first-order valence-corrected chi connectivity index (χ1v) is 7.41. The molecule has 1 unspecified atom stereocenters. The Hall–Kier alpha value is -1.84. The first-order chi connectivity index (χ1) is 10.1. The molecule has 1 atom stereocenters. The number of aliphatic hydroxyl groups excluding tert-OH is 1. The van der Waals surface area contributed by atoms with Crippen LogP contribution < -0.4 is 5.32 Å². The van der Waals surface area contributed by atoms with E-state index < -0.39 is 0 Å². The smallest absolute Gasteiger partial charge is 0.0838 e. The summed E-state index contributed by atoms with van der Waals surface area (Å²) in [5, 5.41) is 13.2. The maximum atomic E-state index is 9.91. The van der Waals surface area contributed by atoms with E-state index in [9.17, 15) is 5.11 Å². The number of nitrogens with one attached hydrogen (secondary N) is 1. The number of hydrogen-bond acceptors (Lipinski definition) is 3. The van der Waals surface area contributed by atoms with Crippen molar-refractivity contribution in [3.05, 3.63) is 53.6 Å². The van der Waals surface area contributed by atoms with Gasteiger partial charge in [0.25, 0.3) is 0 Å². The second-order valence-electron chi connectivity index (χ2n) is 6.00. The highest BCUT2D eigenvalue weighted by Gasteiger charge is 2.17. The number of anilines is 1. The van der Waals surface area contributed by atoms with Gasteiger partial charge in [-0.3, -0.25) is 0 Å². The zero-order chi connectivity index (χ0) is 14.8. The lowest BCUT2D eigenvalue weighted by Crippen LogP contribution is -2.31. The molecule has 0 amide bonds. The second-order valence-corrected chi connectivity index (χ2v) is 6.00. The molecule has 0 saturated heterocycles. The van der Waals surface area contributed by atoms with Crippen LogP contribution in [0.2, 0.25) is 0 Å². The Morgan fingerprint density at radius 1 is 1.10 bits per heavy atom. The van der Waals surface area contributed by atoms with Crippen molar-refractivity contribution in [2.24, 2.45) is 0 Å². The molecule has 3 nitrogen and oxygen atoms in total. The molecular formula is C18H22N2O. The summed E-state index contributed by atoms with van der Waals surface area (Å²) in [6, 6.07) is 15.1. The van der Waals surface area contributed by atoms with Crippen LogP contribution in [0.5, 0.6) is 0 Å². The third kappa shape index (κ3) is 3.09. The topological polar surface area (TPSA) is 35.5 Å². The summed E-state index contributed by atoms with van der Waals surface area (Å²) in [5.41, 5.74) is 6.54. The summed E-state index contributed by atoms with van der Waals surface area (Å²) in [7, 11) is 3.94. The molecule has 1 aliphatic carbocycles. The molecule has 0 heterocycles. The van der Waals surface area contributed by atoms with Gasteiger partial charge in [-0.1, -0.05) is 30.3 Å². The lowest BCUT2D eigenvalue weighted by atomic mass is 10.1. The maximum Gasteiger partial charge on any atom is 0.0838 e. The van der Waals surface area contributed by atoms with Crippen LogP contribution in [0.15, 0.2) is 42.5 Å². The van der Waals surface area contributed by atoms with Gasteiger partial charge in [0.15, 0.2) is 0 Å². The van der Waals surface area contributed by atoms with E-state index in [4.69, 9.17) is 0 Å². The summed E-state index contributed by atoms with van der Waals surface area (Å²) in [4.78, 5) is 1.99. The Labute approximate surface area is 126 Å². The molecule has 2 N–H and O–H groups in total. The monoisotopic (exact) mass is 282 g/mol. The van der Waals surface area contributed by atoms with Gasteiger partial charge in [-0.05, 0) is 54.9 Å². The van der Waals surface area contributed by atoms with E-state index in [0.717, 1.165) is 12.1 Å². The Bertz CT molecular complexity index is 637. The molecule has 3 heteroatoms. The van der Waals surface area contributed by atoms with E-state index in [1.807, 2.05) is 19.0 Å². The van der Waals surface area contributed by atoms with E-state index >= 15 is 0 Å². The summed E-state index contributed by atoms with van der Waals surface area (Å²) in [6.07, 6.45) is 0.645. The van der Waals surface area contributed by atoms with Gasteiger partial charge in [0.05, 0.1) is 6.10 Å². The SMILES string of the molecule is CN(C)CC(O)CNc1ccc2c(c1)Cc1ccccc1-2. The molecule has 0 fully saturated rings. The van der Waals surface area contributed by atoms with E-state index in [-0.39, 0.29) is 6.10 Å². The molecule has 1 aliphatic rings. The van der Waals surface area contributed by atoms with Crippen molar-refractivity contribution < 1.29 is 5.11 Å². The van der Waals surface area contributed by atoms with Crippen LogP contribution in [-0.4, -0.2) is 43.3 Å². The van der Waals surface area contributed by atoms with Gasteiger partial charge in [0, 0.05) is 18.8 Å². The summed E-state index contributed by atoms with van der Waals surface area (Å²) >= 11 is 0. The second kappa shape index (κ2) is 5.88. The average Bonchev–Trinajstić information content (AvgIpc) is 2.82. The van der Waals surface area contributed by atoms with Crippen molar-refractivity contribution >= 4 is 5.69 Å². The van der Waals surface area contributed by atoms with Crippen molar-refractivity contribution in [3.63, 3.8) is 0 Å². The zero-order valence-corrected chi connectivity index (χ0v) is 12.6. The van der Waals surface area contributed by atoms with Crippen molar-refractivity contribution in [3.8, 4) is 11.1 Å². The van der Waals surface area contributed by atoms with Gasteiger partial charge in [-0.15, -0.1) is 0 Å². The van der Waals surface area contributed by atoms with E-state index in [1.54, 1.807) is 0 Å². The summed E-state index contributed by atoms with van der Waals surface area (Å²) in [6.45, 7) is 1.24. The van der Waals surface area contributed by atoms with Gasteiger partial charge in [0.2, 0.25) is 0 Å². The number of nitrogens with zero attached hydrogens (tertiary/aromatic N) is 1. The van der Waals surface area contributed by atoms with Crippen LogP contribution in [0, 0.1) is 0 Å². The summed E-state index contributed by atoms with van der Waals surface area (Å²) < 4.78 is 0. The predicted octanol–water partition coefficient (Wildman–Crippen LogP) is 2.59. The van der Waals surface area contributed by atoms with Gasteiger partial charge in [-0.25, -0.2) is 0 Å². The molecule has 0 bridgehead atoms. The lowest BCUT2D eigenvalue weighted by Gasteiger charge is -2.17. The highest BCUT2D eigenvalue weighted by atomic mass is 16.3. The quantitative estimate of drug-likeness (QED) is 0.755. The van der Waals surface area contributed by atoms with Crippen LogP contribution in [-0.2, 0) is 6.42 Å². The third-order valence-corrected chi connectivity index (χ3v) is 3.91.